The Kier molecular flexibility index (Phi) is 6.89. The van der Waals surface area contributed by atoms with Crippen molar-refractivity contribution in [3.8, 4) is 0 Å². The van der Waals surface area contributed by atoms with Crippen LogP contribution in [0.15, 0.2) is 24.3 Å². The molecule has 2 N–H and O–H groups in total. The van der Waals surface area contributed by atoms with Crippen molar-refractivity contribution in [3.05, 3.63) is 29.8 Å². The summed E-state index contributed by atoms with van der Waals surface area (Å²) in [7, 11) is 0. The van der Waals surface area contributed by atoms with E-state index in [9.17, 15) is 9.59 Å². The van der Waals surface area contributed by atoms with Gasteiger partial charge in [-0.1, -0.05) is 6.92 Å². The first-order chi connectivity index (χ1) is 13.0. The van der Waals surface area contributed by atoms with Crippen LogP contribution in [0.25, 0.3) is 0 Å². The van der Waals surface area contributed by atoms with Crippen LogP contribution < -0.4 is 10.6 Å². The number of rotatable bonds is 5. The van der Waals surface area contributed by atoms with E-state index >= 15 is 0 Å². The second-order valence-corrected chi connectivity index (χ2v) is 8.24. The molecule has 148 valence electrons. The molecule has 2 heterocycles. The first-order valence-electron chi connectivity index (χ1n) is 10.5. The minimum absolute atomic E-state index is 0.0600. The fourth-order valence-electron chi connectivity index (χ4n) is 4.35. The van der Waals surface area contributed by atoms with E-state index in [-0.39, 0.29) is 11.8 Å². The van der Waals surface area contributed by atoms with Crippen molar-refractivity contribution < 1.29 is 9.59 Å². The molecule has 1 aromatic rings. The summed E-state index contributed by atoms with van der Waals surface area (Å²) >= 11 is 0. The average molecular weight is 372 g/mol. The lowest BCUT2D eigenvalue weighted by Crippen LogP contribution is -2.42. The average Bonchev–Trinajstić information content (AvgIpc) is 2.69. The molecule has 0 aliphatic carbocycles. The van der Waals surface area contributed by atoms with Gasteiger partial charge < -0.3 is 15.5 Å². The molecule has 0 spiro atoms. The fraction of sp³-hybridized carbons (Fsp3) is 0.636. The molecule has 5 nitrogen and oxygen atoms in total. The standard InChI is InChI=1S/C22H33N3O2/c1-16(18-10-12-23-13-11-18)15-21(26)24-20-8-6-19(7-9-20)22(27)25-14-4-3-5-17(25)2/h6-9,16-18,23H,3-5,10-15H2,1-2H3,(H,24,26). The molecule has 2 fully saturated rings. The van der Waals surface area contributed by atoms with Gasteiger partial charge in [-0.2, -0.15) is 0 Å². The van der Waals surface area contributed by atoms with Crippen LogP contribution in [0.4, 0.5) is 5.69 Å². The molecule has 0 bridgehead atoms. The Labute approximate surface area is 162 Å². The Morgan fingerprint density at radius 1 is 1.15 bits per heavy atom. The zero-order valence-corrected chi connectivity index (χ0v) is 16.7. The summed E-state index contributed by atoms with van der Waals surface area (Å²) in [5.74, 6) is 1.18. The van der Waals surface area contributed by atoms with Crippen LogP contribution in [0.5, 0.6) is 0 Å². The number of carbonyl (C=O) groups excluding carboxylic acids is 2. The van der Waals surface area contributed by atoms with Crippen LogP contribution in [0.1, 0.15) is 62.7 Å². The molecule has 2 saturated heterocycles. The molecule has 1 aromatic carbocycles. The quantitative estimate of drug-likeness (QED) is 0.830. The molecule has 2 unspecified atom stereocenters. The van der Waals surface area contributed by atoms with Crippen molar-refractivity contribution in [2.45, 2.75) is 58.4 Å². The highest BCUT2D eigenvalue weighted by Crippen LogP contribution is 2.25. The molecule has 27 heavy (non-hydrogen) atoms. The number of nitrogens with one attached hydrogen (secondary N) is 2. The Morgan fingerprint density at radius 3 is 2.52 bits per heavy atom. The Balaban J connectivity index is 1.52. The fourth-order valence-corrected chi connectivity index (χ4v) is 4.35. The summed E-state index contributed by atoms with van der Waals surface area (Å²) in [5.41, 5.74) is 1.46. The number of nitrogens with zero attached hydrogens (tertiary/aromatic N) is 1. The van der Waals surface area contributed by atoms with Crippen LogP contribution >= 0.6 is 0 Å². The molecular weight excluding hydrogens is 338 g/mol. The van der Waals surface area contributed by atoms with Crippen molar-refractivity contribution in [1.29, 1.82) is 0 Å². The maximum Gasteiger partial charge on any atom is 0.254 e. The summed E-state index contributed by atoms with van der Waals surface area (Å²) in [4.78, 5) is 27.0. The molecular formula is C22H33N3O2. The third-order valence-electron chi connectivity index (χ3n) is 6.18. The molecule has 0 aromatic heterocycles. The summed E-state index contributed by atoms with van der Waals surface area (Å²) < 4.78 is 0. The van der Waals surface area contributed by atoms with E-state index in [0.717, 1.165) is 51.0 Å². The molecule has 2 aliphatic rings. The van der Waals surface area contributed by atoms with Crippen molar-refractivity contribution >= 4 is 17.5 Å². The van der Waals surface area contributed by atoms with Gasteiger partial charge in [-0.15, -0.1) is 0 Å². The Hall–Kier alpha value is -1.88. The van der Waals surface area contributed by atoms with E-state index in [4.69, 9.17) is 0 Å². The lowest BCUT2D eigenvalue weighted by atomic mass is 9.84. The largest absolute Gasteiger partial charge is 0.336 e. The second-order valence-electron chi connectivity index (χ2n) is 8.24. The lowest BCUT2D eigenvalue weighted by Gasteiger charge is -2.33. The van der Waals surface area contributed by atoms with E-state index in [0.29, 0.717) is 29.9 Å². The summed E-state index contributed by atoms with van der Waals surface area (Å²) in [6, 6.07) is 7.65. The Bertz CT molecular complexity index is 637. The van der Waals surface area contributed by atoms with E-state index in [1.54, 1.807) is 0 Å². The zero-order valence-electron chi connectivity index (χ0n) is 16.7. The molecule has 5 heteroatoms. The number of likely N-dealkylation sites (tertiary alicyclic amines) is 1. The summed E-state index contributed by atoms with van der Waals surface area (Å²) in [6.07, 6.45) is 6.22. The van der Waals surface area contributed by atoms with E-state index in [1.165, 1.54) is 6.42 Å². The van der Waals surface area contributed by atoms with Crippen LogP contribution in [0, 0.1) is 11.8 Å². The van der Waals surface area contributed by atoms with E-state index < -0.39 is 0 Å². The zero-order chi connectivity index (χ0) is 19.2. The number of anilines is 1. The van der Waals surface area contributed by atoms with Crippen LogP contribution in [0.2, 0.25) is 0 Å². The molecule has 0 saturated carbocycles. The number of benzene rings is 1. The summed E-state index contributed by atoms with van der Waals surface area (Å²) in [5, 5.41) is 6.36. The first kappa shape index (κ1) is 19.9. The highest BCUT2D eigenvalue weighted by Gasteiger charge is 2.24. The smallest absolute Gasteiger partial charge is 0.254 e. The monoisotopic (exact) mass is 371 g/mol. The van der Waals surface area contributed by atoms with Crippen molar-refractivity contribution in [3.63, 3.8) is 0 Å². The number of hydrogen-bond donors (Lipinski definition) is 2. The van der Waals surface area contributed by atoms with Gasteiger partial charge in [-0.3, -0.25) is 9.59 Å². The van der Waals surface area contributed by atoms with Crippen molar-refractivity contribution in [2.24, 2.45) is 11.8 Å². The van der Waals surface area contributed by atoms with Crippen LogP contribution in [0.3, 0.4) is 0 Å². The van der Waals surface area contributed by atoms with Gasteiger partial charge in [-0.25, -0.2) is 0 Å². The SMILES string of the molecule is CC(CC(=O)Nc1ccc(C(=O)N2CCCCC2C)cc1)C1CCNCC1. The van der Waals surface area contributed by atoms with Crippen molar-refractivity contribution in [1.82, 2.24) is 10.2 Å². The van der Waals surface area contributed by atoms with Gasteiger partial charge in [0.25, 0.3) is 5.91 Å². The first-order valence-corrected chi connectivity index (χ1v) is 10.5. The molecule has 2 atom stereocenters. The predicted octanol–water partition coefficient (Wildman–Crippen LogP) is 3.67. The number of piperidine rings is 2. The molecule has 0 radical (unpaired) electrons. The van der Waals surface area contributed by atoms with Gasteiger partial charge in [-0.05, 0) is 88.2 Å². The molecule has 2 amide bonds. The third-order valence-corrected chi connectivity index (χ3v) is 6.18. The molecule has 3 rings (SSSR count). The maximum absolute atomic E-state index is 12.7. The lowest BCUT2D eigenvalue weighted by molar-refractivity contribution is -0.117. The highest BCUT2D eigenvalue weighted by atomic mass is 16.2. The number of amides is 2. The van der Waals surface area contributed by atoms with Crippen LogP contribution in [-0.2, 0) is 4.79 Å². The minimum Gasteiger partial charge on any atom is -0.336 e. The second kappa shape index (κ2) is 9.36. The van der Waals surface area contributed by atoms with Gasteiger partial charge >= 0.3 is 0 Å². The number of carbonyl (C=O) groups is 2. The predicted molar refractivity (Wildman–Crippen MR) is 109 cm³/mol. The van der Waals surface area contributed by atoms with Gasteiger partial charge in [0.05, 0.1) is 0 Å². The van der Waals surface area contributed by atoms with E-state index in [2.05, 4.69) is 24.5 Å². The van der Waals surface area contributed by atoms with E-state index in [1.807, 2.05) is 29.2 Å². The topological polar surface area (TPSA) is 61.4 Å². The minimum atomic E-state index is 0.0600. The van der Waals surface area contributed by atoms with Gasteiger partial charge in [0, 0.05) is 30.3 Å². The normalized spacial score (nSPS) is 22.3. The number of hydrogen-bond acceptors (Lipinski definition) is 3. The third kappa shape index (κ3) is 5.32. The van der Waals surface area contributed by atoms with Gasteiger partial charge in [0.15, 0.2) is 0 Å². The van der Waals surface area contributed by atoms with Gasteiger partial charge in [0.1, 0.15) is 0 Å². The highest BCUT2D eigenvalue weighted by molar-refractivity contribution is 5.96. The van der Waals surface area contributed by atoms with Crippen LogP contribution in [-0.4, -0.2) is 42.4 Å². The Morgan fingerprint density at radius 2 is 1.85 bits per heavy atom. The molecule has 2 aliphatic heterocycles. The maximum atomic E-state index is 12.7. The van der Waals surface area contributed by atoms with Gasteiger partial charge in [0.2, 0.25) is 5.91 Å². The summed E-state index contributed by atoms with van der Waals surface area (Å²) in [6.45, 7) is 7.25. The van der Waals surface area contributed by atoms with Crippen molar-refractivity contribution in [2.75, 3.05) is 25.0 Å².